The third-order valence-electron chi connectivity index (χ3n) is 3.41. The fourth-order valence-electron chi connectivity index (χ4n) is 2.04. The van der Waals surface area contributed by atoms with Crippen LogP contribution in [0.4, 0.5) is 0 Å². The lowest BCUT2D eigenvalue weighted by molar-refractivity contribution is 0.356. The summed E-state index contributed by atoms with van der Waals surface area (Å²) in [6.45, 7) is 18.2. The van der Waals surface area contributed by atoms with Crippen LogP contribution < -0.4 is 0 Å². The third-order valence-corrected chi connectivity index (χ3v) is 3.41. The van der Waals surface area contributed by atoms with Gasteiger partial charge < -0.3 is 0 Å². The fraction of sp³-hybridized carbons (Fsp3) is 0.905. The molecule has 0 saturated carbocycles. The normalized spacial score (nSPS) is 12.4. The zero-order chi connectivity index (χ0) is 16.8. The lowest BCUT2D eigenvalue weighted by Gasteiger charge is -2.17. The van der Waals surface area contributed by atoms with E-state index in [0.717, 1.165) is 6.42 Å². The highest BCUT2D eigenvalue weighted by Crippen LogP contribution is 2.22. The van der Waals surface area contributed by atoms with Crippen molar-refractivity contribution < 1.29 is 0 Å². The third kappa shape index (κ3) is 28.6. The Bertz CT molecular complexity index is 221. The van der Waals surface area contributed by atoms with Crippen LogP contribution >= 0.6 is 0 Å². The van der Waals surface area contributed by atoms with Crippen molar-refractivity contribution in [1.29, 1.82) is 0 Å². The fourth-order valence-corrected chi connectivity index (χ4v) is 2.04. The molecule has 0 unspecified atom stereocenters. The standard InChI is InChI=1S/C12H26.C9H18/c1-5-6-7-8-9-10-11-12(2,3)4;1-5-6-7-8-9(2,3)4/h5-11H2,1-4H3;6-7H,5,8H2,1-4H3/b;7-6-. The van der Waals surface area contributed by atoms with Crippen molar-refractivity contribution in [3.63, 3.8) is 0 Å². The van der Waals surface area contributed by atoms with Gasteiger partial charge in [-0.3, -0.25) is 0 Å². The van der Waals surface area contributed by atoms with Crippen LogP contribution in [0.5, 0.6) is 0 Å². The van der Waals surface area contributed by atoms with Crippen LogP contribution in [-0.2, 0) is 0 Å². The van der Waals surface area contributed by atoms with Gasteiger partial charge in [0.2, 0.25) is 0 Å². The average molecular weight is 297 g/mol. The lowest BCUT2D eigenvalue weighted by atomic mass is 9.89. The number of allylic oxidation sites excluding steroid dienone is 2. The Morgan fingerprint density at radius 1 is 0.619 bits per heavy atom. The first-order valence-corrected chi connectivity index (χ1v) is 9.27. The van der Waals surface area contributed by atoms with E-state index in [4.69, 9.17) is 0 Å². The molecule has 0 N–H and O–H groups in total. The van der Waals surface area contributed by atoms with E-state index in [0.29, 0.717) is 10.8 Å². The van der Waals surface area contributed by atoms with E-state index in [2.05, 4.69) is 67.5 Å². The van der Waals surface area contributed by atoms with Crippen molar-refractivity contribution in [2.75, 3.05) is 0 Å². The van der Waals surface area contributed by atoms with Gasteiger partial charge in [0.15, 0.2) is 0 Å². The van der Waals surface area contributed by atoms with Crippen molar-refractivity contribution in [2.45, 2.75) is 113 Å². The summed E-state index contributed by atoms with van der Waals surface area (Å²) >= 11 is 0. The van der Waals surface area contributed by atoms with Crippen LogP contribution in [0.25, 0.3) is 0 Å². The first-order chi connectivity index (χ1) is 9.62. The Hall–Kier alpha value is -0.260. The van der Waals surface area contributed by atoms with Gasteiger partial charge in [-0.1, -0.05) is 106 Å². The molecule has 0 amide bonds. The first kappa shape index (κ1) is 23.0. The van der Waals surface area contributed by atoms with E-state index in [-0.39, 0.29) is 0 Å². The first-order valence-electron chi connectivity index (χ1n) is 9.27. The molecule has 0 aromatic rings. The molecule has 128 valence electrons. The predicted molar refractivity (Wildman–Crippen MR) is 101 cm³/mol. The van der Waals surface area contributed by atoms with Crippen molar-refractivity contribution in [1.82, 2.24) is 0 Å². The molecule has 0 saturated heterocycles. The molecule has 0 fully saturated rings. The van der Waals surface area contributed by atoms with Gasteiger partial charge in [0.05, 0.1) is 0 Å². The quantitative estimate of drug-likeness (QED) is 0.313. The molecule has 0 aliphatic heterocycles. The largest absolute Gasteiger partial charge is 0.0888 e. The lowest BCUT2D eigenvalue weighted by Crippen LogP contribution is -2.03. The summed E-state index contributed by atoms with van der Waals surface area (Å²) in [5, 5.41) is 0. The number of hydrogen-bond donors (Lipinski definition) is 0. The Labute approximate surface area is 136 Å². The second-order valence-electron chi connectivity index (χ2n) is 8.72. The molecule has 0 heterocycles. The smallest absolute Gasteiger partial charge is 0.0302 e. The average Bonchev–Trinajstić information content (AvgIpc) is 2.32. The number of unbranched alkanes of at least 4 members (excludes halogenated alkanes) is 5. The minimum atomic E-state index is 0.464. The minimum absolute atomic E-state index is 0.464. The van der Waals surface area contributed by atoms with Crippen LogP contribution in [0.3, 0.4) is 0 Å². The van der Waals surface area contributed by atoms with Gasteiger partial charge >= 0.3 is 0 Å². The maximum atomic E-state index is 2.33. The molecule has 0 aliphatic carbocycles. The molecular weight excluding hydrogens is 252 g/mol. The molecule has 0 spiro atoms. The molecule has 0 rings (SSSR count). The summed E-state index contributed by atoms with van der Waals surface area (Å²) in [6, 6.07) is 0. The Balaban J connectivity index is 0. The summed E-state index contributed by atoms with van der Waals surface area (Å²) in [5.74, 6) is 0. The summed E-state index contributed by atoms with van der Waals surface area (Å²) in [5.41, 5.74) is 1.01. The van der Waals surface area contributed by atoms with E-state index >= 15 is 0 Å². The molecule has 0 aromatic carbocycles. The second kappa shape index (κ2) is 13.4. The maximum Gasteiger partial charge on any atom is -0.0302 e. The van der Waals surface area contributed by atoms with Crippen LogP contribution in [-0.4, -0.2) is 0 Å². The monoisotopic (exact) mass is 296 g/mol. The van der Waals surface area contributed by atoms with E-state index in [1.165, 1.54) is 51.4 Å². The molecule has 0 nitrogen and oxygen atoms in total. The molecule has 0 aromatic heterocycles. The minimum Gasteiger partial charge on any atom is -0.0888 e. The van der Waals surface area contributed by atoms with Crippen molar-refractivity contribution in [2.24, 2.45) is 10.8 Å². The van der Waals surface area contributed by atoms with E-state index in [1.54, 1.807) is 0 Å². The predicted octanol–water partition coefficient (Wildman–Crippen LogP) is 8.17. The zero-order valence-electron chi connectivity index (χ0n) is 16.5. The van der Waals surface area contributed by atoms with Crippen molar-refractivity contribution >= 4 is 0 Å². The molecule has 0 atom stereocenters. The molecule has 0 aliphatic rings. The topological polar surface area (TPSA) is 0 Å². The molecule has 0 bridgehead atoms. The summed E-state index contributed by atoms with van der Waals surface area (Å²) in [6.07, 6.45) is 16.8. The summed E-state index contributed by atoms with van der Waals surface area (Å²) < 4.78 is 0. The van der Waals surface area contributed by atoms with Gasteiger partial charge in [-0.05, 0) is 30.1 Å². The van der Waals surface area contributed by atoms with Crippen molar-refractivity contribution in [3.8, 4) is 0 Å². The highest BCUT2D eigenvalue weighted by Gasteiger charge is 2.08. The zero-order valence-corrected chi connectivity index (χ0v) is 16.5. The van der Waals surface area contributed by atoms with Gasteiger partial charge in [-0.15, -0.1) is 0 Å². The second-order valence-corrected chi connectivity index (χ2v) is 8.72. The van der Waals surface area contributed by atoms with Crippen molar-refractivity contribution in [3.05, 3.63) is 12.2 Å². The van der Waals surface area contributed by atoms with Gasteiger partial charge in [0, 0.05) is 0 Å². The maximum absolute atomic E-state index is 2.33. The van der Waals surface area contributed by atoms with E-state index in [1.807, 2.05) is 0 Å². The van der Waals surface area contributed by atoms with Gasteiger partial charge in [0.1, 0.15) is 0 Å². The van der Waals surface area contributed by atoms with Crippen LogP contribution in [0, 0.1) is 10.8 Å². The van der Waals surface area contributed by atoms with Gasteiger partial charge in [-0.2, -0.15) is 0 Å². The van der Waals surface area contributed by atoms with Gasteiger partial charge in [0.25, 0.3) is 0 Å². The molecular formula is C21H44. The highest BCUT2D eigenvalue weighted by atomic mass is 14.1. The highest BCUT2D eigenvalue weighted by molar-refractivity contribution is 4.84. The Morgan fingerprint density at radius 2 is 1.14 bits per heavy atom. The van der Waals surface area contributed by atoms with E-state index in [9.17, 15) is 0 Å². The molecule has 0 heteroatoms. The molecule has 0 radical (unpaired) electrons. The number of hydrogen-bond acceptors (Lipinski definition) is 0. The van der Waals surface area contributed by atoms with E-state index < -0.39 is 0 Å². The molecule has 21 heavy (non-hydrogen) atoms. The van der Waals surface area contributed by atoms with Crippen LogP contribution in [0.15, 0.2) is 12.2 Å². The van der Waals surface area contributed by atoms with Crippen LogP contribution in [0.2, 0.25) is 0 Å². The summed E-state index contributed by atoms with van der Waals surface area (Å²) in [4.78, 5) is 0. The Kier molecular flexibility index (Phi) is 14.7. The summed E-state index contributed by atoms with van der Waals surface area (Å²) in [7, 11) is 0. The SMILES string of the molecule is CC/C=C\CC(C)(C)C.CCCCCCCCC(C)(C)C. The number of rotatable bonds is 8. The van der Waals surface area contributed by atoms with Gasteiger partial charge in [-0.25, -0.2) is 0 Å². The Morgan fingerprint density at radius 3 is 1.57 bits per heavy atom. The van der Waals surface area contributed by atoms with Crippen LogP contribution in [0.1, 0.15) is 113 Å².